The second kappa shape index (κ2) is 61.5. The molecule has 0 saturated carbocycles. The van der Waals surface area contributed by atoms with Crippen molar-refractivity contribution in [2.45, 2.75) is 403 Å². The van der Waals surface area contributed by atoms with Gasteiger partial charge in [-0.15, -0.1) is 0 Å². The number of ether oxygens (including phenoxy) is 2. The highest BCUT2D eigenvalue weighted by atomic mass is 16.7. The van der Waals surface area contributed by atoms with Gasteiger partial charge in [-0.3, -0.25) is 4.79 Å². The van der Waals surface area contributed by atoms with Crippen molar-refractivity contribution in [1.82, 2.24) is 5.32 Å². The van der Waals surface area contributed by atoms with Gasteiger partial charge in [0.15, 0.2) is 6.29 Å². The van der Waals surface area contributed by atoms with Crippen LogP contribution in [0.15, 0.2) is 36.5 Å². The molecule has 1 rings (SSSR count). The molecule has 9 nitrogen and oxygen atoms in total. The van der Waals surface area contributed by atoms with Gasteiger partial charge in [-0.2, -0.15) is 0 Å². The molecule has 1 fully saturated rings. The lowest BCUT2D eigenvalue weighted by molar-refractivity contribution is -0.302. The maximum absolute atomic E-state index is 13.1. The second-order valence-corrected chi connectivity index (χ2v) is 25.0. The Morgan fingerprint density at radius 3 is 1.04 bits per heavy atom. The quantitative estimate of drug-likeness (QED) is 0.0261. The number of aliphatic hydroxyl groups is 5. The van der Waals surface area contributed by atoms with Gasteiger partial charge in [0.1, 0.15) is 24.4 Å². The van der Waals surface area contributed by atoms with Crippen molar-refractivity contribution < 1.29 is 39.8 Å². The highest BCUT2D eigenvalue weighted by Crippen LogP contribution is 2.23. The van der Waals surface area contributed by atoms with Crippen LogP contribution in [0.1, 0.15) is 361 Å². The number of rotatable bonds is 63. The van der Waals surface area contributed by atoms with Gasteiger partial charge >= 0.3 is 0 Å². The number of carbonyl (C=O) groups excluding carboxylic acids is 1. The molecule has 1 amide bonds. The number of hydrogen-bond acceptors (Lipinski definition) is 8. The summed E-state index contributed by atoms with van der Waals surface area (Å²) in [4.78, 5) is 13.1. The van der Waals surface area contributed by atoms with Crippen molar-refractivity contribution in [3.8, 4) is 0 Å². The van der Waals surface area contributed by atoms with E-state index in [1.165, 1.54) is 302 Å². The predicted octanol–water partition coefficient (Wildman–Crippen LogP) is 19.4. The Morgan fingerprint density at radius 2 is 0.704 bits per heavy atom. The van der Waals surface area contributed by atoms with E-state index in [9.17, 15) is 30.3 Å². The fourth-order valence-corrected chi connectivity index (χ4v) is 11.6. The lowest BCUT2D eigenvalue weighted by Crippen LogP contribution is -2.60. The zero-order valence-electron chi connectivity index (χ0n) is 53.6. The third-order valence-electron chi connectivity index (χ3n) is 17.2. The molecule has 9 heteroatoms. The number of carbonyl (C=O) groups is 1. The van der Waals surface area contributed by atoms with E-state index < -0.39 is 49.5 Å². The van der Waals surface area contributed by atoms with Gasteiger partial charge in [0.25, 0.3) is 0 Å². The normalized spacial score (nSPS) is 18.5. The minimum Gasteiger partial charge on any atom is -0.394 e. The second-order valence-electron chi connectivity index (χ2n) is 25.0. The third kappa shape index (κ3) is 50.3. The predicted molar refractivity (Wildman–Crippen MR) is 346 cm³/mol. The summed E-state index contributed by atoms with van der Waals surface area (Å²) < 4.78 is 11.3. The van der Waals surface area contributed by atoms with E-state index in [0.29, 0.717) is 6.42 Å². The van der Waals surface area contributed by atoms with Gasteiger partial charge in [0.05, 0.1) is 25.4 Å². The molecule has 0 bridgehead atoms. The molecular weight excluding hydrogens is 1010 g/mol. The number of aliphatic hydroxyl groups excluding tert-OH is 5. The van der Waals surface area contributed by atoms with Crippen LogP contribution in [-0.4, -0.2) is 87.5 Å². The van der Waals surface area contributed by atoms with Crippen LogP contribution >= 0.6 is 0 Å². The average Bonchev–Trinajstić information content (AvgIpc) is 3.49. The fraction of sp³-hybridized carbons (Fsp3) is 0.903. The van der Waals surface area contributed by atoms with E-state index in [0.717, 1.165) is 38.5 Å². The van der Waals surface area contributed by atoms with Crippen LogP contribution in [0.3, 0.4) is 0 Å². The number of nitrogens with one attached hydrogen (secondary N) is 1. The summed E-state index contributed by atoms with van der Waals surface area (Å²) in [7, 11) is 0. The SMILES string of the molecule is CCCCCCCCCC/C=C\CCCCCCCCCCCCCCCCCCCCCCCCCCCCCCCC(=O)NC(COC1OC(CO)C(O)C(O)C1O)C(O)/C=C/CC/C=C/CCCCCCCCCCCCC. The first-order chi connectivity index (χ1) is 39.8. The molecule has 7 unspecified atom stereocenters. The largest absolute Gasteiger partial charge is 0.394 e. The number of allylic oxidation sites excluding steroid dienone is 5. The molecule has 1 heterocycles. The van der Waals surface area contributed by atoms with E-state index in [4.69, 9.17) is 9.47 Å². The Balaban J connectivity index is 2.02. The monoisotopic (exact) mass is 1140 g/mol. The molecule has 1 aliphatic heterocycles. The highest BCUT2D eigenvalue weighted by molar-refractivity contribution is 5.76. The Morgan fingerprint density at radius 1 is 0.407 bits per heavy atom. The first-order valence-electron chi connectivity index (χ1n) is 35.7. The first kappa shape index (κ1) is 77.4. The van der Waals surface area contributed by atoms with Crippen LogP contribution in [0.5, 0.6) is 0 Å². The van der Waals surface area contributed by atoms with Crippen molar-refractivity contribution in [2.75, 3.05) is 13.2 Å². The van der Waals surface area contributed by atoms with Crippen molar-refractivity contribution in [3.63, 3.8) is 0 Å². The Kier molecular flexibility index (Phi) is 58.8. The van der Waals surface area contributed by atoms with Crippen molar-refractivity contribution in [1.29, 1.82) is 0 Å². The summed E-state index contributed by atoms with van der Waals surface area (Å²) in [5, 5.41) is 54.6. The summed E-state index contributed by atoms with van der Waals surface area (Å²) in [5.74, 6) is -0.180. The van der Waals surface area contributed by atoms with Crippen LogP contribution in [0.4, 0.5) is 0 Å². The molecule has 1 saturated heterocycles. The summed E-state index contributed by atoms with van der Waals surface area (Å²) in [6, 6.07) is -0.820. The third-order valence-corrected chi connectivity index (χ3v) is 17.2. The van der Waals surface area contributed by atoms with Gasteiger partial charge < -0.3 is 40.3 Å². The Labute approximate surface area is 501 Å². The van der Waals surface area contributed by atoms with Gasteiger partial charge in [0.2, 0.25) is 5.91 Å². The Bertz CT molecular complexity index is 1370. The van der Waals surface area contributed by atoms with Crippen molar-refractivity contribution in [3.05, 3.63) is 36.5 Å². The number of unbranched alkanes of at least 4 members (excludes halogenated alkanes) is 49. The highest BCUT2D eigenvalue weighted by Gasteiger charge is 2.44. The standard InChI is InChI=1S/C72H137NO8/c1-3-5-7-9-11-13-15-17-19-21-22-23-24-25-26-27-28-29-30-31-32-33-34-35-36-37-38-39-40-41-42-43-44-46-48-50-52-54-56-58-60-62-68(76)73-65(64-80-72-71(79)70(78)69(77)67(63-74)81-72)66(75)61-59-57-55-53-51-49-47-45-20-18-16-14-12-10-8-6-4-2/h21-22,51,53,59,61,65-67,69-72,74-75,77-79H,3-20,23-50,52,54-58,60,62-64H2,1-2H3,(H,73,76)/b22-21-,53-51+,61-59+. The van der Waals surface area contributed by atoms with Crippen molar-refractivity contribution in [2.24, 2.45) is 0 Å². The lowest BCUT2D eigenvalue weighted by Gasteiger charge is -2.40. The van der Waals surface area contributed by atoms with Crippen LogP contribution in [-0.2, 0) is 14.3 Å². The maximum Gasteiger partial charge on any atom is 0.220 e. The molecule has 0 aliphatic carbocycles. The van der Waals surface area contributed by atoms with Gasteiger partial charge in [0, 0.05) is 6.42 Å². The topological polar surface area (TPSA) is 149 Å². The van der Waals surface area contributed by atoms with Gasteiger partial charge in [-0.1, -0.05) is 333 Å². The van der Waals surface area contributed by atoms with Crippen LogP contribution in [0.25, 0.3) is 0 Å². The summed E-state index contributed by atoms with van der Waals surface area (Å²) in [5.41, 5.74) is 0. The molecule has 0 spiro atoms. The summed E-state index contributed by atoms with van der Waals surface area (Å²) in [6.45, 7) is 3.80. The van der Waals surface area contributed by atoms with E-state index in [1.54, 1.807) is 6.08 Å². The van der Waals surface area contributed by atoms with E-state index in [-0.39, 0.29) is 12.5 Å². The van der Waals surface area contributed by atoms with E-state index in [2.05, 4.69) is 43.5 Å². The molecule has 81 heavy (non-hydrogen) atoms. The lowest BCUT2D eigenvalue weighted by atomic mass is 9.99. The molecule has 0 aromatic rings. The Hall–Kier alpha value is -1.59. The zero-order chi connectivity index (χ0) is 58.6. The van der Waals surface area contributed by atoms with E-state index >= 15 is 0 Å². The summed E-state index contributed by atoms with van der Waals surface area (Å²) in [6.07, 6.45) is 75.7. The smallest absolute Gasteiger partial charge is 0.220 e. The number of hydrogen-bond donors (Lipinski definition) is 6. The van der Waals surface area contributed by atoms with Crippen LogP contribution in [0.2, 0.25) is 0 Å². The molecule has 0 aromatic heterocycles. The minimum absolute atomic E-state index is 0.180. The van der Waals surface area contributed by atoms with Crippen LogP contribution < -0.4 is 5.32 Å². The maximum atomic E-state index is 13.1. The van der Waals surface area contributed by atoms with Crippen molar-refractivity contribution >= 4 is 5.91 Å². The van der Waals surface area contributed by atoms with E-state index in [1.807, 2.05) is 6.08 Å². The molecule has 0 radical (unpaired) electrons. The molecule has 0 aromatic carbocycles. The number of amides is 1. The molecule has 6 N–H and O–H groups in total. The summed E-state index contributed by atoms with van der Waals surface area (Å²) >= 11 is 0. The average molecular weight is 1140 g/mol. The first-order valence-corrected chi connectivity index (χ1v) is 35.7. The van der Waals surface area contributed by atoms with Crippen LogP contribution in [0, 0.1) is 0 Å². The molecule has 7 atom stereocenters. The minimum atomic E-state index is -1.57. The van der Waals surface area contributed by atoms with Gasteiger partial charge in [-0.05, 0) is 57.8 Å². The molecule has 478 valence electrons. The molecular formula is C72H137NO8. The molecule has 1 aliphatic rings. The fourth-order valence-electron chi connectivity index (χ4n) is 11.6. The van der Waals surface area contributed by atoms with Gasteiger partial charge in [-0.25, -0.2) is 0 Å². The zero-order valence-corrected chi connectivity index (χ0v) is 53.6.